The molecule has 2 aliphatic heterocycles. The molecule has 2 fully saturated rings. The van der Waals surface area contributed by atoms with Gasteiger partial charge in [0.05, 0.1) is 4.92 Å². The normalized spacial score (nSPS) is 24.4. The van der Waals surface area contributed by atoms with Gasteiger partial charge in [-0.3, -0.25) is 19.7 Å². The molecule has 0 spiro atoms. The lowest BCUT2D eigenvalue weighted by molar-refractivity contribution is -0.385. The predicted molar refractivity (Wildman–Crippen MR) is 108 cm³/mol. The van der Waals surface area contributed by atoms with Crippen LogP contribution in [0.25, 0.3) is 0 Å². The molecule has 1 aromatic rings. The van der Waals surface area contributed by atoms with E-state index >= 15 is 0 Å². The van der Waals surface area contributed by atoms with Crippen LogP contribution in [0.1, 0.15) is 48.5 Å². The maximum Gasteiger partial charge on any atom is 0.272 e. The molecule has 154 valence electrons. The van der Waals surface area contributed by atoms with E-state index in [1.54, 1.807) is 11.8 Å². The summed E-state index contributed by atoms with van der Waals surface area (Å²) >= 11 is 0. The fourth-order valence-corrected chi connectivity index (χ4v) is 3.96. The highest BCUT2D eigenvalue weighted by Gasteiger charge is 2.36. The van der Waals surface area contributed by atoms with Crippen LogP contribution in [0.5, 0.6) is 0 Å². The van der Waals surface area contributed by atoms with Crippen molar-refractivity contribution in [3.63, 3.8) is 0 Å². The number of amides is 2. The molecule has 2 N–H and O–H groups in total. The predicted octanol–water partition coefficient (Wildman–Crippen LogP) is 2.19. The minimum Gasteiger partial charge on any atom is -0.350 e. The summed E-state index contributed by atoms with van der Waals surface area (Å²) in [5, 5.41) is 17.4. The summed E-state index contributed by atoms with van der Waals surface area (Å²) in [6.07, 6.45) is 3.36. The lowest BCUT2D eigenvalue weighted by Crippen LogP contribution is -2.56. The van der Waals surface area contributed by atoms with Crippen LogP contribution in [-0.2, 0) is 4.79 Å². The molecule has 1 aromatic carbocycles. The Labute approximate surface area is 170 Å². The third-order valence-corrected chi connectivity index (χ3v) is 5.55. The third kappa shape index (κ3) is 4.62. The number of nitrogens with one attached hydrogen (secondary N) is 2. The van der Waals surface area contributed by atoms with Crippen molar-refractivity contribution in [3.8, 4) is 0 Å². The standard InChI is InChI=1S/C19H26N4O4.ClH/c1-12-11-14(7-8-16(12)23(26)27)19(25)22-10-4-6-17(22)18(24)21-15-5-3-9-20-13(15)2;/h7-8,11,13,15,17,20H,3-6,9-10H2,1-2H3,(H,21,24);1H. The van der Waals surface area contributed by atoms with Gasteiger partial charge < -0.3 is 15.5 Å². The lowest BCUT2D eigenvalue weighted by Gasteiger charge is -2.33. The van der Waals surface area contributed by atoms with E-state index in [1.165, 1.54) is 18.2 Å². The topological polar surface area (TPSA) is 105 Å². The number of nitro benzene ring substituents is 1. The zero-order chi connectivity index (χ0) is 19.6. The van der Waals surface area contributed by atoms with Crippen LogP contribution < -0.4 is 10.6 Å². The van der Waals surface area contributed by atoms with Crippen LogP contribution in [0.4, 0.5) is 5.69 Å². The number of nitrogens with zero attached hydrogens (tertiary/aromatic N) is 2. The number of nitro groups is 1. The van der Waals surface area contributed by atoms with Gasteiger partial charge in [0, 0.05) is 35.8 Å². The van der Waals surface area contributed by atoms with Gasteiger partial charge in [0.25, 0.3) is 11.6 Å². The summed E-state index contributed by atoms with van der Waals surface area (Å²) in [4.78, 5) is 37.8. The molecule has 2 aliphatic rings. The summed E-state index contributed by atoms with van der Waals surface area (Å²) in [6.45, 7) is 5.15. The van der Waals surface area contributed by atoms with Crippen molar-refractivity contribution in [2.24, 2.45) is 0 Å². The molecule has 0 saturated carbocycles. The number of carbonyl (C=O) groups excluding carboxylic acids is 2. The number of hydrogen-bond acceptors (Lipinski definition) is 5. The second-order valence-corrected chi connectivity index (χ2v) is 7.42. The van der Waals surface area contributed by atoms with Crippen LogP contribution >= 0.6 is 12.4 Å². The van der Waals surface area contributed by atoms with Crippen LogP contribution in [-0.4, -0.2) is 52.9 Å². The number of likely N-dealkylation sites (tertiary alicyclic amines) is 1. The number of halogens is 1. The number of rotatable bonds is 4. The minimum atomic E-state index is -0.484. The Balaban J connectivity index is 0.00000280. The second kappa shape index (κ2) is 9.34. The number of carbonyl (C=O) groups is 2. The van der Waals surface area contributed by atoms with Crippen molar-refractivity contribution in [1.82, 2.24) is 15.5 Å². The van der Waals surface area contributed by atoms with Gasteiger partial charge in [-0.15, -0.1) is 12.4 Å². The smallest absolute Gasteiger partial charge is 0.272 e. The van der Waals surface area contributed by atoms with E-state index in [0.717, 1.165) is 25.8 Å². The quantitative estimate of drug-likeness (QED) is 0.584. The molecule has 9 heteroatoms. The highest BCUT2D eigenvalue weighted by Crippen LogP contribution is 2.24. The molecule has 0 radical (unpaired) electrons. The Morgan fingerprint density at radius 3 is 2.68 bits per heavy atom. The lowest BCUT2D eigenvalue weighted by atomic mass is 9.99. The van der Waals surface area contributed by atoms with E-state index in [9.17, 15) is 19.7 Å². The maximum absolute atomic E-state index is 12.9. The van der Waals surface area contributed by atoms with Crippen molar-refractivity contribution in [2.75, 3.05) is 13.1 Å². The zero-order valence-electron chi connectivity index (χ0n) is 16.1. The van der Waals surface area contributed by atoms with Gasteiger partial charge in [-0.25, -0.2) is 0 Å². The first kappa shape index (κ1) is 22.1. The molecule has 3 rings (SSSR count). The summed E-state index contributed by atoms with van der Waals surface area (Å²) in [7, 11) is 0. The SMILES string of the molecule is Cc1cc(C(=O)N2CCCC2C(=O)NC2CCCNC2C)ccc1[N+](=O)[O-].Cl. The van der Waals surface area contributed by atoms with E-state index < -0.39 is 11.0 Å². The van der Waals surface area contributed by atoms with Crippen molar-refractivity contribution in [1.29, 1.82) is 0 Å². The first-order chi connectivity index (χ1) is 12.9. The van der Waals surface area contributed by atoms with Gasteiger partial charge in [-0.2, -0.15) is 0 Å². The van der Waals surface area contributed by atoms with Crippen LogP contribution in [0, 0.1) is 17.0 Å². The number of hydrogen-bond donors (Lipinski definition) is 2. The maximum atomic E-state index is 12.9. The monoisotopic (exact) mass is 410 g/mol. The summed E-state index contributed by atoms with van der Waals surface area (Å²) in [5.41, 5.74) is 0.805. The fourth-order valence-electron chi connectivity index (χ4n) is 3.96. The molecule has 0 aromatic heterocycles. The van der Waals surface area contributed by atoms with Gasteiger partial charge in [0.1, 0.15) is 6.04 Å². The molecule has 2 amide bonds. The largest absolute Gasteiger partial charge is 0.350 e. The van der Waals surface area contributed by atoms with Gasteiger partial charge in [0.2, 0.25) is 5.91 Å². The molecular formula is C19H27ClN4O4. The Hall–Kier alpha value is -2.19. The van der Waals surface area contributed by atoms with Gasteiger partial charge >= 0.3 is 0 Å². The molecule has 0 aliphatic carbocycles. The fraction of sp³-hybridized carbons (Fsp3) is 0.579. The summed E-state index contributed by atoms with van der Waals surface area (Å²) in [5.74, 6) is -0.361. The molecule has 28 heavy (non-hydrogen) atoms. The number of benzene rings is 1. The van der Waals surface area contributed by atoms with Crippen molar-refractivity contribution < 1.29 is 14.5 Å². The Morgan fingerprint density at radius 2 is 2.04 bits per heavy atom. The summed E-state index contributed by atoms with van der Waals surface area (Å²) in [6, 6.07) is 4.15. The second-order valence-electron chi connectivity index (χ2n) is 7.42. The molecule has 2 heterocycles. The van der Waals surface area contributed by atoms with Gasteiger partial charge in [0.15, 0.2) is 0 Å². The van der Waals surface area contributed by atoms with Crippen LogP contribution in [0.15, 0.2) is 18.2 Å². The molecule has 2 saturated heterocycles. The summed E-state index contributed by atoms with van der Waals surface area (Å²) < 4.78 is 0. The average molecular weight is 411 g/mol. The molecule has 8 nitrogen and oxygen atoms in total. The number of piperidine rings is 1. The highest BCUT2D eigenvalue weighted by atomic mass is 35.5. The Kier molecular flexibility index (Phi) is 7.37. The molecule has 3 atom stereocenters. The minimum absolute atomic E-state index is 0. The molecule has 3 unspecified atom stereocenters. The van der Waals surface area contributed by atoms with Crippen molar-refractivity contribution >= 4 is 29.9 Å². The highest BCUT2D eigenvalue weighted by molar-refractivity contribution is 5.98. The van der Waals surface area contributed by atoms with E-state index in [-0.39, 0.29) is 42.0 Å². The van der Waals surface area contributed by atoms with Gasteiger partial charge in [-0.1, -0.05) is 0 Å². The van der Waals surface area contributed by atoms with Crippen molar-refractivity contribution in [3.05, 3.63) is 39.4 Å². The Morgan fingerprint density at radius 1 is 1.29 bits per heavy atom. The third-order valence-electron chi connectivity index (χ3n) is 5.55. The number of aryl methyl sites for hydroxylation is 1. The van der Waals surface area contributed by atoms with Crippen molar-refractivity contribution in [2.45, 2.75) is 57.7 Å². The zero-order valence-corrected chi connectivity index (χ0v) is 17.0. The first-order valence-corrected chi connectivity index (χ1v) is 9.48. The van der Waals surface area contributed by atoms with Gasteiger partial charge in [-0.05, 0) is 58.2 Å². The van der Waals surface area contributed by atoms with Crippen LogP contribution in [0.2, 0.25) is 0 Å². The van der Waals surface area contributed by atoms with E-state index in [1.807, 2.05) is 0 Å². The molecule has 0 bridgehead atoms. The average Bonchev–Trinajstić information content (AvgIpc) is 3.12. The van der Waals surface area contributed by atoms with E-state index in [2.05, 4.69) is 17.6 Å². The van der Waals surface area contributed by atoms with E-state index in [0.29, 0.717) is 24.1 Å². The van der Waals surface area contributed by atoms with E-state index in [4.69, 9.17) is 0 Å². The molecular weight excluding hydrogens is 384 g/mol. The van der Waals surface area contributed by atoms with Crippen LogP contribution in [0.3, 0.4) is 0 Å². The first-order valence-electron chi connectivity index (χ1n) is 9.48. The Bertz CT molecular complexity index is 757.